The van der Waals surface area contributed by atoms with Crippen LogP contribution in [0.1, 0.15) is 28.4 Å². The SMILES string of the molecule is Cc1cc(C(=O)NC(C)(CBr)c2ccccc2)ccc1F. The van der Waals surface area contributed by atoms with Crippen LogP contribution in [0.2, 0.25) is 0 Å². The monoisotopic (exact) mass is 349 g/mol. The molecule has 0 bridgehead atoms. The second-order valence-corrected chi connectivity index (χ2v) is 5.81. The molecule has 0 saturated heterocycles. The minimum Gasteiger partial charge on any atom is -0.342 e. The molecule has 1 N–H and O–H groups in total. The summed E-state index contributed by atoms with van der Waals surface area (Å²) >= 11 is 3.46. The van der Waals surface area contributed by atoms with Gasteiger partial charge in [-0.25, -0.2) is 4.39 Å². The lowest BCUT2D eigenvalue weighted by molar-refractivity contribution is 0.0914. The van der Waals surface area contributed by atoms with E-state index in [0.717, 1.165) is 5.56 Å². The molecule has 1 unspecified atom stereocenters. The maximum absolute atomic E-state index is 13.3. The second-order valence-electron chi connectivity index (χ2n) is 5.25. The number of hydrogen-bond donors (Lipinski definition) is 1. The Morgan fingerprint density at radius 3 is 2.48 bits per heavy atom. The summed E-state index contributed by atoms with van der Waals surface area (Å²) in [6.07, 6.45) is 0. The molecular formula is C17H17BrFNO. The number of benzene rings is 2. The highest BCUT2D eigenvalue weighted by molar-refractivity contribution is 9.09. The Kier molecular flexibility index (Phi) is 4.78. The van der Waals surface area contributed by atoms with Crippen molar-refractivity contribution in [3.63, 3.8) is 0 Å². The average Bonchev–Trinajstić information content (AvgIpc) is 2.50. The molecule has 0 aliphatic heterocycles. The molecule has 0 spiro atoms. The summed E-state index contributed by atoms with van der Waals surface area (Å²) in [5, 5.41) is 3.59. The molecule has 1 amide bonds. The zero-order valence-corrected chi connectivity index (χ0v) is 13.6. The van der Waals surface area contributed by atoms with Gasteiger partial charge in [-0.3, -0.25) is 4.79 Å². The molecule has 0 aliphatic carbocycles. The van der Waals surface area contributed by atoms with E-state index < -0.39 is 5.54 Å². The molecule has 0 fully saturated rings. The summed E-state index contributed by atoms with van der Waals surface area (Å²) < 4.78 is 13.3. The van der Waals surface area contributed by atoms with Crippen molar-refractivity contribution < 1.29 is 9.18 Å². The van der Waals surface area contributed by atoms with Gasteiger partial charge in [-0.1, -0.05) is 46.3 Å². The van der Waals surface area contributed by atoms with E-state index in [9.17, 15) is 9.18 Å². The standard InChI is InChI=1S/C17H17BrFNO/c1-12-10-13(8-9-15(12)19)16(21)20-17(2,11-18)14-6-4-3-5-7-14/h3-10H,11H2,1-2H3,(H,20,21). The second kappa shape index (κ2) is 6.39. The normalized spacial score (nSPS) is 13.5. The topological polar surface area (TPSA) is 29.1 Å². The van der Waals surface area contributed by atoms with Crippen molar-refractivity contribution in [3.8, 4) is 0 Å². The van der Waals surface area contributed by atoms with Gasteiger partial charge in [-0.05, 0) is 43.2 Å². The third-order valence-electron chi connectivity index (χ3n) is 3.49. The molecule has 2 nitrogen and oxygen atoms in total. The van der Waals surface area contributed by atoms with E-state index in [-0.39, 0.29) is 11.7 Å². The summed E-state index contributed by atoms with van der Waals surface area (Å²) in [5.74, 6) is -0.526. The van der Waals surface area contributed by atoms with E-state index in [4.69, 9.17) is 0 Å². The van der Waals surface area contributed by atoms with Gasteiger partial charge in [0.05, 0.1) is 5.54 Å². The maximum Gasteiger partial charge on any atom is 0.252 e. The van der Waals surface area contributed by atoms with Crippen LogP contribution in [-0.4, -0.2) is 11.2 Å². The van der Waals surface area contributed by atoms with Gasteiger partial charge in [0.1, 0.15) is 5.82 Å². The van der Waals surface area contributed by atoms with E-state index in [1.54, 1.807) is 13.0 Å². The van der Waals surface area contributed by atoms with Gasteiger partial charge < -0.3 is 5.32 Å². The smallest absolute Gasteiger partial charge is 0.252 e. The van der Waals surface area contributed by atoms with Gasteiger partial charge in [0.15, 0.2) is 0 Å². The first kappa shape index (κ1) is 15.7. The van der Waals surface area contributed by atoms with Crippen LogP contribution in [0.25, 0.3) is 0 Å². The molecule has 2 aromatic rings. The van der Waals surface area contributed by atoms with Crippen LogP contribution in [-0.2, 0) is 5.54 Å². The fourth-order valence-electron chi connectivity index (χ4n) is 2.10. The molecule has 0 radical (unpaired) electrons. The lowest BCUT2D eigenvalue weighted by Crippen LogP contribution is -2.44. The number of rotatable bonds is 4. The highest BCUT2D eigenvalue weighted by Gasteiger charge is 2.27. The summed E-state index contributed by atoms with van der Waals surface area (Å²) in [6, 6.07) is 14.1. The molecule has 0 heterocycles. The lowest BCUT2D eigenvalue weighted by Gasteiger charge is -2.29. The number of amides is 1. The van der Waals surface area contributed by atoms with Crippen molar-refractivity contribution in [2.24, 2.45) is 0 Å². The van der Waals surface area contributed by atoms with E-state index >= 15 is 0 Å². The molecular weight excluding hydrogens is 333 g/mol. The largest absolute Gasteiger partial charge is 0.342 e. The zero-order valence-electron chi connectivity index (χ0n) is 12.0. The summed E-state index contributed by atoms with van der Waals surface area (Å²) in [7, 11) is 0. The number of carbonyl (C=O) groups is 1. The fraction of sp³-hybridized carbons (Fsp3) is 0.235. The Bertz CT molecular complexity index is 644. The van der Waals surface area contributed by atoms with Crippen molar-refractivity contribution in [1.82, 2.24) is 5.32 Å². The minimum atomic E-state index is -0.527. The number of hydrogen-bond acceptors (Lipinski definition) is 1. The molecule has 2 aromatic carbocycles. The van der Waals surface area contributed by atoms with Gasteiger partial charge in [-0.2, -0.15) is 0 Å². The van der Waals surface area contributed by atoms with Crippen LogP contribution in [0.4, 0.5) is 4.39 Å². The lowest BCUT2D eigenvalue weighted by atomic mass is 9.93. The molecule has 2 rings (SSSR count). The van der Waals surface area contributed by atoms with Gasteiger partial charge in [0.2, 0.25) is 0 Å². The maximum atomic E-state index is 13.3. The van der Waals surface area contributed by atoms with Crippen LogP contribution in [0, 0.1) is 12.7 Å². The predicted molar refractivity (Wildman–Crippen MR) is 86.2 cm³/mol. The highest BCUT2D eigenvalue weighted by Crippen LogP contribution is 2.23. The summed E-state index contributed by atoms with van der Waals surface area (Å²) in [6.45, 7) is 3.60. The van der Waals surface area contributed by atoms with Crippen LogP contribution in [0.15, 0.2) is 48.5 Å². The highest BCUT2D eigenvalue weighted by atomic mass is 79.9. The van der Waals surface area contributed by atoms with Gasteiger partial charge in [-0.15, -0.1) is 0 Å². The third-order valence-corrected chi connectivity index (χ3v) is 4.61. The molecule has 0 aliphatic rings. The van der Waals surface area contributed by atoms with Gasteiger partial charge in [0.25, 0.3) is 5.91 Å². The summed E-state index contributed by atoms with van der Waals surface area (Å²) in [5.41, 5.74) is 1.40. The molecule has 21 heavy (non-hydrogen) atoms. The van der Waals surface area contributed by atoms with Crippen LogP contribution in [0.3, 0.4) is 0 Å². The summed E-state index contributed by atoms with van der Waals surface area (Å²) in [4.78, 5) is 12.4. The fourth-order valence-corrected chi connectivity index (χ4v) is 2.56. The van der Waals surface area contributed by atoms with Crippen molar-refractivity contribution in [2.75, 3.05) is 5.33 Å². The zero-order chi connectivity index (χ0) is 15.5. The van der Waals surface area contributed by atoms with E-state index in [1.165, 1.54) is 12.1 Å². The molecule has 4 heteroatoms. The Labute approximate surface area is 132 Å². The van der Waals surface area contributed by atoms with Gasteiger partial charge >= 0.3 is 0 Å². The molecule has 1 atom stereocenters. The first-order valence-electron chi connectivity index (χ1n) is 6.66. The van der Waals surface area contributed by atoms with Crippen molar-refractivity contribution in [1.29, 1.82) is 0 Å². The van der Waals surface area contributed by atoms with E-state index in [2.05, 4.69) is 21.2 Å². The third kappa shape index (κ3) is 3.50. The van der Waals surface area contributed by atoms with Crippen LogP contribution >= 0.6 is 15.9 Å². The van der Waals surface area contributed by atoms with Crippen LogP contribution < -0.4 is 5.32 Å². The molecule has 110 valence electrons. The molecule has 0 aromatic heterocycles. The number of halogens is 2. The quantitative estimate of drug-likeness (QED) is 0.824. The Hall–Kier alpha value is -1.68. The van der Waals surface area contributed by atoms with Crippen LogP contribution in [0.5, 0.6) is 0 Å². The van der Waals surface area contributed by atoms with Crippen molar-refractivity contribution in [2.45, 2.75) is 19.4 Å². The molecule has 0 saturated carbocycles. The number of alkyl halides is 1. The van der Waals surface area contributed by atoms with E-state index in [0.29, 0.717) is 16.5 Å². The number of nitrogens with one attached hydrogen (secondary N) is 1. The Balaban J connectivity index is 2.26. The van der Waals surface area contributed by atoms with Crippen molar-refractivity contribution in [3.05, 3.63) is 71.0 Å². The Morgan fingerprint density at radius 1 is 1.24 bits per heavy atom. The number of aryl methyl sites for hydroxylation is 1. The van der Waals surface area contributed by atoms with Crippen molar-refractivity contribution >= 4 is 21.8 Å². The van der Waals surface area contributed by atoms with E-state index in [1.807, 2.05) is 37.3 Å². The first-order chi connectivity index (χ1) is 9.96. The predicted octanol–water partition coefficient (Wildman–Crippen LogP) is 4.17. The minimum absolute atomic E-state index is 0.219. The first-order valence-corrected chi connectivity index (χ1v) is 7.78. The number of carbonyl (C=O) groups excluding carboxylic acids is 1. The average molecular weight is 350 g/mol. The van der Waals surface area contributed by atoms with Gasteiger partial charge in [0, 0.05) is 10.9 Å². The Morgan fingerprint density at radius 2 is 1.90 bits per heavy atom.